The van der Waals surface area contributed by atoms with Gasteiger partial charge in [0.1, 0.15) is 0 Å². The average Bonchev–Trinajstić information content (AvgIpc) is 2.18. The van der Waals surface area contributed by atoms with Gasteiger partial charge in [0.25, 0.3) is 0 Å². The fourth-order valence-electron chi connectivity index (χ4n) is 1.71. The van der Waals surface area contributed by atoms with Crippen LogP contribution in [0.25, 0.3) is 0 Å². The van der Waals surface area contributed by atoms with Crippen molar-refractivity contribution in [3.05, 3.63) is 30.3 Å². The summed E-state index contributed by atoms with van der Waals surface area (Å²) < 4.78 is 0. The summed E-state index contributed by atoms with van der Waals surface area (Å²) in [6, 6.07) is 11.2. The van der Waals surface area contributed by atoms with Crippen molar-refractivity contribution in [1.82, 2.24) is 10.4 Å². The Morgan fingerprint density at radius 2 is 2.07 bits per heavy atom. The summed E-state index contributed by atoms with van der Waals surface area (Å²) in [5.41, 5.74) is 3.33. The second kappa shape index (κ2) is 4.95. The third kappa shape index (κ3) is 2.61. The van der Waals surface area contributed by atoms with E-state index in [0.29, 0.717) is 11.4 Å². The van der Waals surface area contributed by atoms with Gasteiger partial charge in [0.2, 0.25) is 0 Å². The molecule has 2 atom stereocenters. The lowest BCUT2D eigenvalue weighted by molar-refractivity contribution is 0.0606. The molecule has 1 fully saturated rings. The summed E-state index contributed by atoms with van der Waals surface area (Å²) >= 11 is 0. The van der Waals surface area contributed by atoms with E-state index >= 15 is 0 Å². The number of hydrogen-bond acceptors (Lipinski definition) is 3. The SMILES string of the molecule is CC1NN(C)C1[S-](=P)=Pc1ccccc1. The first-order valence-electron chi connectivity index (χ1n) is 4.89. The zero-order chi connectivity index (χ0) is 10.8. The minimum Gasteiger partial charge on any atom is -0.401 e. The first-order valence-corrected chi connectivity index (χ1v) is 8.90. The highest BCUT2D eigenvalue weighted by Gasteiger charge is 2.24. The number of nitrogens with one attached hydrogen (secondary N) is 1. The minimum atomic E-state index is 0.202. The molecule has 1 aromatic carbocycles. The number of hydrogen-bond donors (Lipinski definition) is 1. The maximum absolute atomic E-state index is 3.86. The summed E-state index contributed by atoms with van der Waals surface area (Å²) in [7, 11) is 7.54. The molecule has 0 spiro atoms. The lowest BCUT2D eigenvalue weighted by Crippen LogP contribution is -2.66. The molecule has 0 radical (unpaired) electrons. The van der Waals surface area contributed by atoms with Crippen molar-refractivity contribution in [2.24, 2.45) is 0 Å². The molecule has 2 nitrogen and oxygen atoms in total. The molecule has 2 unspecified atom stereocenters. The van der Waals surface area contributed by atoms with E-state index in [4.69, 9.17) is 0 Å². The molecule has 82 valence electrons. The van der Waals surface area contributed by atoms with E-state index in [2.05, 4.69) is 62.8 Å². The molecule has 1 aliphatic rings. The van der Waals surface area contributed by atoms with Crippen molar-refractivity contribution in [1.29, 1.82) is 0 Å². The lowest BCUT2D eigenvalue weighted by Gasteiger charge is -2.50. The van der Waals surface area contributed by atoms with Gasteiger partial charge in [0.05, 0.1) is 0 Å². The van der Waals surface area contributed by atoms with Crippen molar-refractivity contribution in [2.75, 3.05) is 7.05 Å². The topological polar surface area (TPSA) is 15.3 Å². The first-order chi connectivity index (χ1) is 7.18. The van der Waals surface area contributed by atoms with Crippen LogP contribution >= 0.6 is 15.4 Å². The fourth-order valence-corrected chi connectivity index (χ4v) is 7.53. The van der Waals surface area contributed by atoms with Gasteiger partial charge in [0.15, 0.2) is 0 Å². The van der Waals surface area contributed by atoms with Gasteiger partial charge in [-0.1, -0.05) is 30.3 Å². The fraction of sp³-hybridized carbons (Fsp3) is 0.400. The molecule has 0 aliphatic carbocycles. The molecule has 0 amide bonds. The third-order valence-electron chi connectivity index (χ3n) is 2.41. The Morgan fingerprint density at radius 3 is 2.60 bits per heavy atom. The van der Waals surface area contributed by atoms with E-state index in [-0.39, 0.29) is 9.25 Å². The highest BCUT2D eigenvalue weighted by molar-refractivity contribution is 8.34. The molecule has 1 N–H and O–H groups in total. The molecule has 0 aromatic heterocycles. The number of hydrazine groups is 1. The van der Waals surface area contributed by atoms with Gasteiger partial charge in [-0.25, -0.2) is 7.36 Å². The normalized spacial score (nSPS) is 28.7. The van der Waals surface area contributed by atoms with E-state index in [1.807, 2.05) is 0 Å². The van der Waals surface area contributed by atoms with Crippen LogP contribution in [0.4, 0.5) is 0 Å². The zero-order valence-electron chi connectivity index (χ0n) is 8.84. The minimum absolute atomic E-state index is 0.202. The van der Waals surface area contributed by atoms with Crippen LogP contribution < -0.4 is 10.7 Å². The molecule has 1 aliphatic heterocycles. The highest BCUT2D eigenvalue weighted by atomic mass is 32.7. The molecule has 2 rings (SSSR count). The maximum Gasteiger partial charge on any atom is 0.0170 e. The Morgan fingerprint density at radius 1 is 1.40 bits per heavy atom. The summed E-state index contributed by atoms with van der Waals surface area (Å²) in [5.74, 6) is 0. The van der Waals surface area contributed by atoms with E-state index in [1.165, 1.54) is 12.7 Å². The quantitative estimate of drug-likeness (QED) is 0.644. The third-order valence-corrected chi connectivity index (χ3v) is 7.71. The average molecular weight is 257 g/mol. The number of nitrogens with zero attached hydrogens (tertiary/aromatic N) is 1. The molecule has 1 heterocycles. The Bertz CT molecular complexity index is 407. The smallest absolute Gasteiger partial charge is 0.0170 e. The second-order valence-electron chi connectivity index (χ2n) is 3.66. The van der Waals surface area contributed by atoms with Crippen molar-refractivity contribution < 1.29 is 0 Å². The van der Waals surface area contributed by atoms with Gasteiger partial charge in [-0.2, -0.15) is 0 Å². The largest absolute Gasteiger partial charge is 0.401 e. The molecule has 15 heavy (non-hydrogen) atoms. The first kappa shape index (κ1) is 11.6. The van der Waals surface area contributed by atoms with Crippen molar-refractivity contribution in [3.8, 4) is 0 Å². The van der Waals surface area contributed by atoms with Crippen molar-refractivity contribution >= 4 is 29.9 Å². The Hall–Kier alpha value is 0.0900. The van der Waals surface area contributed by atoms with Crippen LogP contribution in [-0.4, -0.2) is 23.5 Å². The Labute approximate surface area is 96.3 Å². The molecule has 1 saturated heterocycles. The second-order valence-corrected chi connectivity index (χ2v) is 9.55. The van der Waals surface area contributed by atoms with Gasteiger partial charge in [-0.15, -0.1) is 0 Å². The van der Waals surface area contributed by atoms with E-state index < -0.39 is 0 Å². The van der Waals surface area contributed by atoms with Gasteiger partial charge in [-0.05, 0) is 24.6 Å². The van der Waals surface area contributed by atoms with Crippen LogP contribution in [0.15, 0.2) is 30.3 Å². The molecular formula is C10H15N2P2S-. The monoisotopic (exact) mass is 257 g/mol. The number of likely N-dealkylation sites (N-methyl/N-ethyl adjacent to an activating group) is 1. The molecule has 5 heteroatoms. The van der Waals surface area contributed by atoms with Gasteiger partial charge in [-0.3, -0.25) is 18.4 Å². The highest BCUT2D eigenvalue weighted by Crippen LogP contribution is 2.19. The molecule has 0 saturated carbocycles. The van der Waals surface area contributed by atoms with Gasteiger partial charge >= 0.3 is 0 Å². The summed E-state index contributed by atoms with van der Waals surface area (Å²) in [4.78, 5) is 0. The molecular weight excluding hydrogens is 242 g/mol. The van der Waals surface area contributed by atoms with Crippen LogP contribution in [0.3, 0.4) is 0 Å². The zero-order valence-corrected chi connectivity index (χ0v) is 11.6. The summed E-state index contributed by atoms with van der Waals surface area (Å²) in [5, 5.41) is 4.17. The number of rotatable bonds is 2. The molecule has 0 bridgehead atoms. The predicted molar refractivity (Wildman–Crippen MR) is 72.8 cm³/mol. The number of benzene rings is 1. The van der Waals surface area contributed by atoms with Crippen LogP contribution in [0.2, 0.25) is 0 Å². The van der Waals surface area contributed by atoms with Crippen LogP contribution in [0, 0.1) is 0 Å². The maximum atomic E-state index is 3.86. The summed E-state index contributed by atoms with van der Waals surface area (Å²) in [6.07, 6.45) is 0. The van der Waals surface area contributed by atoms with Crippen LogP contribution in [-0.2, 0) is 9.25 Å². The Balaban J connectivity index is 2.18. The standard InChI is InChI=1S/C10H15N2P2S/c1-8-10(12(2)11-8)15(13)14-9-6-4-3-5-7-9/h3-8,10-11,13H,1-2H3/q-1. The summed E-state index contributed by atoms with van der Waals surface area (Å²) in [6.45, 7) is 2.23. The van der Waals surface area contributed by atoms with Gasteiger partial charge in [0, 0.05) is 6.04 Å². The van der Waals surface area contributed by atoms with E-state index in [9.17, 15) is 0 Å². The lowest BCUT2D eigenvalue weighted by atomic mass is 10.3. The Kier molecular flexibility index (Phi) is 3.82. The van der Waals surface area contributed by atoms with Gasteiger partial charge < -0.3 is 9.25 Å². The van der Waals surface area contributed by atoms with Crippen molar-refractivity contribution in [3.63, 3.8) is 0 Å². The molecule has 1 aromatic rings. The van der Waals surface area contributed by atoms with E-state index in [1.54, 1.807) is 0 Å². The van der Waals surface area contributed by atoms with Crippen molar-refractivity contribution in [2.45, 2.75) is 18.3 Å². The van der Waals surface area contributed by atoms with E-state index in [0.717, 1.165) is 0 Å². The van der Waals surface area contributed by atoms with Crippen LogP contribution in [0.5, 0.6) is 0 Å². The van der Waals surface area contributed by atoms with Crippen LogP contribution in [0.1, 0.15) is 6.92 Å². The predicted octanol–water partition coefficient (Wildman–Crippen LogP) is 2.01.